The Kier molecular flexibility index (Phi) is 6.95. The maximum atomic E-state index is 13.3. The molecule has 0 aliphatic carbocycles. The zero-order valence-electron chi connectivity index (χ0n) is 19.9. The number of unbranched alkanes of at least 4 members (excludes halogenated alkanes) is 1. The average Bonchev–Trinajstić information content (AvgIpc) is 3.27. The Morgan fingerprint density at radius 2 is 1.91 bits per heavy atom. The van der Waals surface area contributed by atoms with Gasteiger partial charge in [0.1, 0.15) is 10.6 Å². The Balaban J connectivity index is 1.31. The standard InChI is InChI=1S/C28H29N3O3S/c1-2-3-17-34-22-11-9-21(10-12-22)27(32)30-16-14-23-24(18-30)35-26-25(23)28(33)31(19-29-26)15-13-20-7-5-4-6-8-20/h4-12,19H,2-3,13-18H2,1H3. The molecule has 0 N–H and O–H groups in total. The number of carbonyl (C=O) groups is 1. The molecule has 180 valence electrons. The molecular formula is C28H29N3O3S. The number of hydrogen-bond donors (Lipinski definition) is 0. The molecule has 1 aliphatic rings. The van der Waals surface area contributed by atoms with Crippen molar-refractivity contribution in [2.24, 2.45) is 0 Å². The van der Waals surface area contributed by atoms with E-state index in [0.29, 0.717) is 38.2 Å². The van der Waals surface area contributed by atoms with E-state index in [-0.39, 0.29) is 11.5 Å². The van der Waals surface area contributed by atoms with E-state index < -0.39 is 0 Å². The first-order valence-corrected chi connectivity index (χ1v) is 13.0. The van der Waals surface area contributed by atoms with Gasteiger partial charge in [0.15, 0.2) is 0 Å². The number of aryl methyl sites for hydroxylation is 2. The number of benzene rings is 2. The number of nitrogens with zero attached hydrogens (tertiary/aromatic N) is 3. The zero-order valence-corrected chi connectivity index (χ0v) is 20.7. The topological polar surface area (TPSA) is 64.4 Å². The molecule has 5 rings (SSSR count). The van der Waals surface area contributed by atoms with E-state index in [1.807, 2.05) is 47.4 Å². The summed E-state index contributed by atoms with van der Waals surface area (Å²) in [5.74, 6) is 0.788. The first kappa shape index (κ1) is 23.3. The minimum Gasteiger partial charge on any atom is -0.494 e. The average molecular weight is 488 g/mol. The molecule has 0 fully saturated rings. The summed E-state index contributed by atoms with van der Waals surface area (Å²) >= 11 is 1.53. The number of ether oxygens (including phenoxy) is 1. The summed E-state index contributed by atoms with van der Waals surface area (Å²) in [5, 5.41) is 0.723. The smallest absolute Gasteiger partial charge is 0.262 e. The van der Waals surface area contributed by atoms with Crippen LogP contribution in [0.25, 0.3) is 10.2 Å². The van der Waals surface area contributed by atoms with E-state index >= 15 is 0 Å². The fraction of sp³-hybridized carbons (Fsp3) is 0.321. The lowest BCUT2D eigenvalue weighted by atomic mass is 10.0. The number of amides is 1. The van der Waals surface area contributed by atoms with Crippen LogP contribution in [-0.4, -0.2) is 33.5 Å². The van der Waals surface area contributed by atoms with Crippen molar-refractivity contribution in [2.75, 3.05) is 13.2 Å². The maximum absolute atomic E-state index is 13.3. The zero-order chi connectivity index (χ0) is 24.2. The van der Waals surface area contributed by atoms with Crippen LogP contribution in [0.15, 0.2) is 65.7 Å². The van der Waals surface area contributed by atoms with Gasteiger partial charge in [0, 0.05) is 23.5 Å². The van der Waals surface area contributed by atoms with E-state index in [4.69, 9.17) is 4.74 Å². The summed E-state index contributed by atoms with van der Waals surface area (Å²) < 4.78 is 7.42. The van der Waals surface area contributed by atoms with Crippen molar-refractivity contribution in [3.8, 4) is 5.75 Å². The number of rotatable bonds is 8. The van der Waals surface area contributed by atoms with Crippen molar-refractivity contribution in [3.05, 3.63) is 92.8 Å². The number of thiophene rings is 1. The fourth-order valence-corrected chi connectivity index (χ4v) is 5.65. The van der Waals surface area contributed by atoms with Gasteiger partial charge in [0.05, 0.1) is 24.9 Å². The van der Waals surface area contributed by atoms with Crippen LogP contribution in [0.3, 0.4) is 0 Å². The summed E-state index contributed by atoms with van der Waals surface area (Å²) in [6, 6.07) is 17.5. The molecule has 7 heteroatoms. The van der Waals surface area contributed by atoms with E-state index in [1.54, 1.807) is 10.9 Å². The van der Waals surface area contributed by atoms with Crippen LogP contribution in [0.1, 0.15) is 46.1 Å². The first-order chi connectivity index (χ1) is 17.1. The second kappa shape index (κ2) is 10.4. The van der Waals surface area contributed by atoms with E-state index in [1.165, 1.54) is 16.9 Å². The number of aromatic nitrogens is 2. The SMILES string of the molecule is CCCCOc1ccc(C(=O)N2CCc3c(sc4ncn(CCc5ccccc5)c(=O)c34)C2)cc1. The van der Waals surface area contributed by atoms with Crippen molar-refractivity contribution < 1.29 is 9.53 Å². The molecule has 2 aromatic heterocycles. The Bertz CT molecular complexity index is 1380. The summed E-state index contributed by atoms with van der Waals surface area (Å²) in [6.07, 6.45) is 5.20. The Labute approximate surface area is 208 Å². The molecule has 0 bridgehead atoms. The molecule has 0 unspecified atom stereocenters. The van der Waals surface area contributed by atoms with Crippen LogP contribution in [0.2, 0.25) is 0 Å². The molecule has 2 aromatic carbocycles. The number of carbonyl (C=O) groups excluding carboxylic acids is 1. The van der Waals surface area contributed by atoms with Gasteiger partial charge in [-0.15, -0.1) is 11.3 Å². The van der Waals surface area contributed by atoms with E-state index in [2.05, 4.69) is 24.0 Å². The second-order valence-corrected chi connectivity index (χ2v) is 9.95. The van der Waals surface area contributed by atoms with Crippen molar-refractivity contribution >= 4 is 27.5 Å². The fourth-order valence-electron chi connectivity index (χ4n) is 4.46. The van der Waals surface area contributed by atoms with Crippen molar-refractivity contribution in [1.29, 1.82) is 0 Å². The molecule has 1 aliphatic heterocycles. The lowest BCUT2D eigenvalue weighted by Gasteiger charge is -2.27. The van der Waals surface area contributed by atoms with Gasteiger partial charge in [-0.2, -0.15) is 0 Å². The molecule has 35 heavy (non-hydrogen) atoms. The van der Waals surface area contributed by atoms with Crippen LogP contribution in [0, 0.1) is 0 Å². The molecule has 4 aromatic rings. The summed E-state index contributed by atoms with van der Waals surface area (Å²) in [4.78, 5) is 34.7. The van der Waals surface area contributed by atoms with Crippen molar-refractivity contribution in [1.82, 2.24) is 14.5 Å². The highest BCUT2D eigenvalue weighted by molar-refractivity contribution is 7.18. The van der Waals surface area contributed by atoms with Gasteiger partial charge in [0.25, 0.3) is 11.5 Å². The normalized spacial score (nSPS) is 13.1. The van der Waals surface area contributed by atoms with E-state index in [9.17, 15) is 9.59 Å². The summed E-state index contributed by atoms with van der Waals surface area (Å²) in [7, 11) is 0. The van der Waals surface area contributed by atoms with Crippen molar-refractivity contribution in [3.63, 3.8) is 0 Å². The number of hydrogen-bond acceptors (Lipinski definition) is 5. The lowest BCUT2D eigenvalue weighted by molar-refractivity contribution is 0.0737. The van der Waals surface area contributed by atoms with Crippen LogP contribution < -0.4 is 10.3 Å². The molecule has 3 heterocycles. The third-order valence-corrected chi connectivity index (χ3v) is 7.59. The van der Waals surface area contributed by atoms with Gasteiger partial charge in [-0.3, -0.25) is 14.2 Å². The quantitative estimate of drug-likeness (QED) is 0.325. The third kappa shape index (κ3) is 5.00. The predicted octanol–water partition coefficient (Wildman–Crippen LogP) is 5.08. The van der Waals surface area contributed by atoms with Crippen LogP contribution in [0.5, 0.6) is 5.75 Å². The van der Waals surface area contributed by atoms with E-state index in [0.717, 1.165) is 45.7 Å². The minimum absolute atomic E-state index is 0.00134. The monoisotopic (exact) mass is 487 g/mol. The van der Waals surface area contributed by atoms with Gasteiger partial charge in [0.2, 0.25) is 0 Å². The molecule has 1 amide bonds. The Hall–Kier alpha value is -3.45. The Morgan fingerprint density at radius 1 is 1.11 bits per heavy atom. The van der Waals surface area contributed by atoms with Crippen molar-refractivity contribution in [2.45, 2.75) is 45.7 Å². The second-order valence-electron chi connectivity index (χ2n) is 8.87. The van der Waals surface area contributed by atoms with Gasteiger partial charge in [-0.25, -0.2) is 4.98 Å². The van der Waals surface area contributed by atoms with Gasteiger partial charge < -0.3 is 9.64 Å². The highest BCUT2D eigenvalue weighted by Gasteiger charge is 2.27. The van der Waals surface area contributed by atoms with Gasteiger partial charge >= 0.3 is 0 Å². The maximum Gasteiger partial charge on any atom is 0.262 e. The van der Waals surface area contributed by atoms with Gasteiger partial charge in [-0.05, 0) is 54.7 Å². The van der Waals surface area contributed by atoms with Crippen LogP contribution >= 0.6 is 11.3 Å². The van der Waals surface area contributed by atoms with Crippen LogP contribution in [0.4, 0.5) is 0 Å². The predicted molar refractivity (Wildman–Crippen MR) is 139 cm³/mol. The summed E-state index contributed by atoms with van der Waals surface area (Å²) in [6.45, 7) is 4.51. The molecule has 6 nitrogen and oxygen atoms in total. The van der Waals surface area contributed by atoms with Crippen LogP contribution in [-0.2, 0) is 25.9 Å². The first-order valence-electron chi connectivity index (χ1n) is 12.2. The molecular weight excluding hydrogens is 458 g/mol. The van der Waals surface area contributed by atoms with Gasteiger partial charge in [-0.1, -0.05) is 43.7 Å². The number of fused-ring (bicyclic) bond motifs is 3. The molecule has 0 atom stereocenters. The minimum atomic E-state index is 0.00134. The third-order valence-electron chi connectivity index (χ3n) is 6.47. The molecule has 0 radical (unpaired) electrons. The highest BCUT2D eigenvalue weighted by atomic mass is 32.1. The molecule has 0 saturated heterocycles. The Morgan fingerprint density at radius 3 is 2.69 bits per heavy atom. The molecule has 0 saturated carbocycles. The highest BCUT2D eigenvalue weighted by Crippen LogP contribution is 2.33. The summed E-state index contributed by atoms with van der Waals surface area (Å²) in [5.41, 5.74) is 2.92. The lowest BCUT2D eigenvalue weighted by Crippen LogP contribution is -2.35. The largest absolute Gasteiger partial charge is 0.494 e. The molecule has 0 spiro atoms.